The Bertz CT molecular complexity index is 548. The molecule has 0 aliphatic rings. The second-order valence-electron chi connectivity index (χ2n) is 3.84. The molecule has 0 heterocycles. The van der Waals surface area contributed by atoms with Crippen LogP contribution in [0.2, 0.25) is 0 Å². The van der Waals surface area contributed by atoms with Crippen molar-refractivity contribution in [3.8, 4) is 5.75 Å². The first-order valence-electron chi connectivity index (χ1n) is 5.48. The summed E-state index contributed by atoms with van der Waals surface area (Å²) in [6.45, 7) is -4.40. The summed E-state index contributed by atoms with van der Waals surface area (Å²) in [4.78, 5) is 0. The van der Waals surface area contributed by atoms with Crippen LogP contribution in [0.3, 0.4) is 0 Å². The number of halogens is 4. The average molecular weight is 338 g/mol. The third-order valence-corrected chi connectivity index (χ3v) is 4.08. The fourth-order valence-corrected chi connectivity index (χ4v) is 1.96. The van der Waals surface area contributed by atoms with E-state index >= 15 is 0 Å². The van der Waals surface area contributed by atoms with Crippen molar-refractivity contribution in [2.75, 3.05) is 18.1 Å². The first-order chi connectivity index (χ1) is 8.65. The summed E-state index contributed by atoms with van der Waals surface area (Å²) < 4.78 is 77.9. The largest absolute Gasteiger partial charge is 1.00 e. The van der Waals surface area contributed by atoms with Crippen molar-refractivity contribution in [3.05, 3.63) is 24.0 Å². The fourth-order valence-electron chi connectivity index (χ4n) is 1.33. The van der Waals surface area contributed by atoms with E-state index in [-0.39, 0.29) is 62.9 Å². The first-order valence-corrected chi connectivity index (χ1v) is 7.30. The van der Waals surface area contributed by atoms with E-state index < -0.39 is 40.5 Å². The first kappa shape index (κ1) is 20.4. The number of ether oxygens (including phenoxy) is 1. The number of benzene rings is 1. The molecule has 0 aliphatic heterocycles. The van der Waals surface area contributed by atoms with Crippen molar-refractivity contribution < 1.29 is 81.9 Å². The van der Waals surface area contributed by atoms with Gasteiger partial charge in [-0.15, -0.1) is 0 Å². The van der Waals surface area contributed by atoms with Gasteiger partial charge in [-0.2, -0.15) is 0 Å². The third kappa shape index (κ3) is 6.44. The molecule has 1 rings (SSSR count). The Hall–Kier alpha value is 0.391. The van der Waals surface area contributed by atoms with Crippen LogP contribution in [-0.2, 0) is 9.84 Å². The van der Waals surface area contributed by atoms with Crippen LogP contribution in [0.15, 0.2) is 18.2 Å². The van der Waals surface area contributed by atoms with Gasteiger partial charge >= 0.3 is 58.4 Å². The summed E-state index contributed by atoms with van der Waals surface area (Å²) in [7, 11) is -3.32. The van der Waals surface area contributed by atoms with E-state index in [1.54, 1.807) is 0 Å². The van der Waals surface area contributed by atoms with Crippen LogP contribution < -0.4 is 61.6 Å². The summed E-state index contributed by atoms with van der Waals surface area (Å²) in [6.07, 6.45) is 0. The van der Waals surface area contributed by atoms with Gasteiger partial charge in [-0.1, -0.05) is 12.4 Å². The monoisotopic (exact) mass is 338 g/mol. The Morgan fingerprint density at radius 3 is 2.35 bits per heavy atom. The molecule has 0 fully saturated rings. The van der Waals surface area contributed by atoms with Gasteiger partial charge in [-0.3, -0.25) is 0 Å². The molecule has 0 saturated heterocycles. The molecule has 20 heavy (non-hydrogen) atoms. The van der Waals surface area contributed by atoms with Crippen molar-refractivity contribution in [1.82, 2.24) is 0 Å². The topological polar surface area (TPSA) is 43.4 Å². The molecule has 0 amide bonds. The summed E-state index contributed by atoms with van der Waals surface area (Å²) >= 11 is 0. The van der Waals surface area contributed by atoms with E-state index in [1.165, 1.54) is 6.92 Å². The Morgan fingerprint density at radius 2 is 1.85 bits per heavy atom. The van der Waals surface area contributed by atoms with E-state index in [0.717, 1.165) is 12.1 Å². The summed E-state index contributed by atoms with van der Waals surface area (Å²) in [5.41, 5.74) is -1.20. The second-order valence-corrected chi connectivity index (χ2v) is 6.31. The molecule has 0 aromatic heterocycles. The Morgan fingerprint density at radius 1 is 1.25 bits per heavy atom. The molecule has 0 spiro atoms. The van der Waals surface area contributed by atoms with Crippen LogP contribution in [0.5, 0.6) is 5.75 Å². The molecule has 10 heteroatoms. The molecule has 1 aromatic rings. The molecule has 0 atom stereocenters. The van der Waals surface area contributed by atoms with Gasteiger partial charge in [0.2, 0.25) is 0 Å². The Kier molecular flexibility index (Phi) is 8.30. The van der Waals surface area contributed by atoms with Crippen LogP contribution in [0.4, 0.5) is 17.3 Å². The Balaban J connectivity index is 0.00000361. The van der Waals surface area contributed by atoms with Gasteiger partial charge in [-0.05, 0) is 18.2 Å². The van der Waals surface area contributed by atoms with Crippen LogP contribution in [0.1, 0.15) is 6.92 Å². The molecule has 0 aliphatic carbocycles. The molecule has 0 radical (unpaired) electrons. The zero-order chi connectivity index (χ0) is 14.7. The maximum Gasteiger partial charge on any atom is 1.00 e. The van der Waals surface area contributed by atoms with Gasteiger partial charge in [0, 0.05) is 5.75 Å². The van der Waals surface area contributed by atoms with Gasteiger partial charge < -0.3 is 17.7 Å². The standard InChI is InChI=1S/C10H12BF4O3S.K/c1-2-19(16,17)6-5-18-10-4-3-8(12)7-9(10)11(13,14)15;/h3-4,7H,2,5-6H2,1H3;/q-1;+1. The summed E-state index contributed by atoms with van der Waals surface area (Å²) in [5.74, 6) is -2.08. The normalized spacial score (nSPS) is 11.8. The molecule has 0 unspecified atom stereocenters. The molecule has 0 saturated carbocycles. The predicted octanol–water partition coefficient (Wildman–Crippen LogP) is -1.30. The number of hydrogen-bond donors (Lipinski definition) is 0. The van der Waals surface area contributed by atoms with Gasteiger partial charge in [0.1, 0.15) is 12.4 Å². The van der Waals surface area contributed by atoms with Crippen molar-refractivity contribution in [2.45, 2.75) is 6.92 Å². The Labute approximate surface area is 157 Å². The average Bonchev–Trinajstić information content (AvgIpc) is 2.29. The number of hydrogen-bond acceptors (Lipinski definition) is 3. The quantitative estimate of drug-likeness (QED) is 0.478. The maximum atomic E-state index is 12.8. The van der Waals surface area contributed by atoms with Crippen molar-refractivity contribution >= 4 is 22.3 Å². The van der Waals surface area contributed by atoms with Crippen LogP contribution >= 0.6 is 0 Å². The van der Waals surface area contributed by atoms with E-state index in [9.17, 15) is 25.8 Å². The molecule has 1 aromatic carbocycles. The van der Waals surface area contributed by atoms with Crippen LogP contribution in [0.25, 0.3) is 0 Å². The van der Waals surface area contributed by atoms with Gasteiger partial charge in [0.25, 0.3) is 0 Å². The second kappa shape index (κ2) is 8.14. The third-order valence-electron chi connectivity index (χ3n) is 2.42. The molecule has 108 valence electrons. The van der Waals surface area contributed by atoms with E-state index in [2.05, 4.69) is 0 Å². The molecular formula is C10H12BF4KO3S. The predicted molar refractivity (Wildman–Crippen MR) is 64.9 cm³/mol. The smallest absolute Gasteiger partial charge is 0.496 e. The fraction of sp³-hybridized carbons (Fsp3) is 0.400. The molecule has 3 nitrogen and oxygen atoms in total. The van der Waals surface area contributed by atoms with Crippen molar-refractivity contribution in [1.29, 1.82) is 0 Å². The SMILES string of the molecule is CCS(=O)(=O)CCOc1ccc(F)cc1[B-](F)(F)F.[K+]. The number of rotatable bonds is 6. The van der Waals surface area contributed by atoms with Crippen LogP contribution in [0, 0.1) is 5.82 Å². The minimum Gasteiger partial charge on any atom is -0.496 e. The number of sulfone groups is 1. The molecule has 0 bridgehead atoms. The van der Waals surface area contributed by atoms with E-state index in [4.69, 9.17) is 4.74 Å². The van der Waals surface area contributed by atoms with E-state index in [0.29, 0.717) is 6.07 Å². The molecule has 0 N–H and O–H groups in total. The maximum absolute atomic E-state index is 12.8. The zero-order valence-corrected chi connectivity index (χ0v) is 15.0. The van der Waals surface area contributed by atoms with Crippen molar-refractivity contribution in [3.63, 3.8) is 0 Å². The zero-order valence-electron chi connectivity index (χ0n) is 11.1. The van der Waals surface area contributed by atoms with Gasteiger partial charge in [-0.25, -0.2) is 12.8 Å². The van der Waals surface area contributed by atoms with E-state index in [1.807, 2.05) is 0 Å². The molecular weight excluding hydrogens is 326 g/mol. The van der Waals surface area contributed by atoms with Crippen LogP contribution in [-0.4, -0.2) is 33.5 Å². The summed E-state index contributed by atoms with van der Waals surface area (Å²) in [6, 6.07) is 2.01. The van der Waals surface area contributed by atoms with Gasteiger partial charge in [0.05, 0.1) is 11.5 Å². The minimum atomic E-state index is -5.42. The summed E-state index contributed by atoms with van der Waals surface area (Å²) in [5, 5.41) is 0. The minimum absolute atomic E-state index is 0. The van der Waals surface area contributed by atoms with Crippen molar-refractivity contribution in [2.24, 2.45) is 0 Å². The van der Waals surface area contributed by atoms with Gasteiger partial charge in [0.15, 0.2) is 9.84 Å².